The normalized spacial score (nSPS) is 18.0. The summed E-state index contributed by atoms with van der Waals surface area (Å²) in [5, 5.41) is 3.44. The Morgan fingerprint density at radius 2 is 1.69 bits per heavy atom. The summed E-state index contributed by atoms with van der Waals surface area (Å²) in [4.78, 5) is 21.0. The lowest BCUT2D eigenvalue weighted by atomic mass is 10.1. The number of ether oxygens (including phenoxy) is 1. The second-order valence-corrected chi connectivity index (χ2v) is 7.82. The van der Waals surface area contributed by atoms with Gasteiger partial charge in [0.15, 0.2) is 0 Å². The van der Waals surface area contributed by atoms with E-state index in [9.17, 15) is 4.79 Å². The van der Waals surface area contributed by atoms with Crippen LogP contribution in [0.4, 0.5) is 16.2 Å². The molecule has 2 aliphatic rings. The van der Waals surface area contributed by atoms with E-state index in [2.05, 4.69) is 28.5 Å². The van der Waals surface area contributed by atoms with Crippen molar-refractivity contribution in [1.82, 2.24) is 9.80 Å². The van der Waals surface area contributed by atoms with Gasteiger partial charge in [-0.15, -0.1) is 0 Å². The molecule has 166 valence electrons. The Balaban J connectivity index is 1.55. The van der Waals surface area contributed by atoms with E-state index in [0.29, 0.717) is 19.7 Å². The summed E-state index contributed by atoms with van der Waals surface area (Å²) in [7, 11) is 0. The zero-order chi connectivity index (χ0) is 22.2. The van der Waals surface area contributed by atoms with Crippen LogP contribution in [0.1, 0.15) is 19.8 Å². The van der Waals surface area contributed by atoms with E-state index in [1.807, 2.05) is 61.7 Å². The smallest absolute Gasteiger partial charge is 0.409 e. The molecule has 1 fully saturated rings. The highest BCUT2D eigenvalue weighted by Gasteiger charge is 2.28. The van der Waals surface area contributed by atoms with Crippen LogP contribution in [-0.2, 0) is 4.74 Å². The van der Waals surface area contributed by atoms with Crippen molar-refractivity contribution in [2.45, 2.75) is 19.8 Å². The number of hydrogen-bond donors (Lipinski definition) is 1. The van der Waals surface area contributed by atoms with Gasteiger partial charge in [-0.2, -0.15) is 0 Å². The number of rotatable bonds is 6. The van der Waals surface area contributed by atoms with Crippen molar-refractivity contribution in [3.8, 4) is 0 Å². The van der Waals surface area contributed by atoms with E-state index >= 15 is 0 Å². The molecule has 0 spiro atoms. The van der Waals surface area contributed by atoms with Gasteiger partial charge >= 0.3 is 6.09 Å². The maximum atomic E-state index is 12.1. The quantitative estimate of drug-likeness (QED) is 0.640. The fourth-order valence-corrected chi connectivity index (χ4v) is 4.08. The number of para-hydroxylation sites is 2. The number of anilines is 1. The number of amides is 1. The molecule has 1 aliphatic heterocycles. The number of nitrogens with zero attached hydrogens (tertiary/aromatic N) is 3. The van der Waals surface area contributed by atoms with Gasteiger partial charge in [-0.1, -0.05) is 36.4 Å². The van der Waals surface area contributed by atoms with Crippen LogP contribution in [0.5, 0.6) is 0 Å². The molecule has 0 atom stereocenters. The summed E-state index contributed by atoms with van der Waals surface area (Å²) in [5.74, 6) is 0. The number of nitrogens with one attached hydrogen (secondary N) is 1. The first kappa shape index (κ1) is 21.7. The van der Waals surface area contributed by atoms with Gasteiger partial charge in [-0.3, -0.25) is 4.99 Å². The molecule has 1 aliphatic carbocycles. The van der Waals surface area contributed by atoms with Crippen LogP contribution >= 0.6 is 0 Å². The Hall–Kier alpha value is -3.54. The van der Waals surface area contributed by atoms with Crippen molar-refractivity contribution >= 4 is 23.7 Å². The summed E-state index contributed by atoms with van der Waals surface area (Å²) >= 11 is 0. The summed E-state index contributed by atoms with van der Waals surface area (Å²) in [6.45, 7) is 5.11. The lowest BCUT2D eigenvalue weighted by Gasteiger charge is -2.37. The molecule has 0 saturated carbocycles. The second kappa shape index (κ2) is 10.7. The molecule has 1 heterocycles. The second-order valence-electron chi connectivity index (χ2n) is 7.82. The Morgan fingerprint density at radius 3 is 2.38 bits per heavy atom. The van der Waals surface area contributed by atoms with Crippen LogP contribution in [0.3, 0.4) is 0 Å². The Kier molecular flexibility index (Phi) is 7.23. The van der Waals surface area contributed by atoms with Crippen molar-refractivity contribution in [2.75, 3.05) is 38.1 Å². The molecule has 1 saturated heterocycles. The van der Waals surface area contributed by atoms with Gasteiger partial charge in [0, 0.05) is 50.0 Å². The van der Waals surface area contributed by atoms with Crippen LogP contribution in [0.2, 0.25) is 0 Å². The maximum absolute atomic E-state index is 12.1. The van der Waals surface area contributed by atoms with Crippen molar-refractivity contribution < 1.29 is 9.53 Å². The number of hydrogen-bond acceptors (Lipinski definition) is 5. The SMILES string of the molecule is CCOC(=O)N1CCN(C2=C(C=Nc3ccccc3)CC/C2=C/Nc2ccccc2)CC1. The molecule has 32 heavy (non-hydrogen) atoms. The monoisotopic (exact) mass is 430 g/mol. The molecule has 6 heteroatoms. The minimum Gasteiger partial charge on any atom is -0.450 e. The molecule has 1 amide bonds. The number of carbonyl (C=O) groups is 1. The third-order valence-corrected chi connectivity index (χ3v) is 5.71. The average molecular weight is 431 g/mol. The first-order valence-electron chi connectivity index (χ1n) is 11.2. The zero-order valence-electron chi connectivity index (χ0n) is 18.5. The zero-order valence-corrected chi connectivity index (χ0v) is 18.5. The van der Waals surface area contributed by atoms with E-state index in [1.165, 1.54) is 16.8 Å². The van der Waals surface area contributed by atoms with Crippen LogP contribution < -0.4 is 5.32 Å². The fraction of sp³-hybridized carbons (Fsp3) is 0.308. The van der Waals surface area contributed by atoms with Crippen molar-refractivity contribution in [2.24, 2.45) is 4.99 Å². The largest absolute Gasteiger partial charge is 0.450 e. The van der Waals surface area contributed by atoms with Gasteiger partial charge in [-0.05, 0) is 55.2 Å². The highest BCUT2D eigenvalue weighted by atomic mass is 16.6. The predicted octanol–water partition coefficient (Wildman–Crippen LogP) is 5.21. The summed E-state index contributed by atoms with van der Waals surface area (Å²) in [6, 6.07) is 20.2. The van der Waals surface area contributed by atoms with E-state index in [1.54, 1.807) is 4.90 Å². The van der Waals surface area contributed by atoms with E-state index in [-0.39, 0.29) is 6.09 Å². The van der Waals surface area contributed by atoms with Gasteiger partial charge in [0.05, 0.1) is 12.3 Å². The van der Waals surface area contributed by atoms with Crippen molar-refractivity contribution in [3.63, 3.8) is 0 Å². The summed E-state index contributed by atoms with van der Waals surface area (Å²) in [5.41, 5.74) is 5.76. The minimum atomic E-state index is -0.222. The summed E-state index contributed by atoms with van der Waals surface area (Å²) in [6.07, 6.45) is 5.81. The van der Waals surface area contributed by atoms with Crippen LogP contribution in [0, 0.1) is 0 Å². The minimum absolute atomic E-state index is 0.222. The lowest BCUT2D eigenvalue weighted by molar-refractivity contribution is 0.0873. The molecule has 2 aromatic carbocycles. The predicted molar refractivity (Wildman–Crippen MR) is 129 cm³/mol. The van der Waals surface area contributed by atoms with Crippen LogP contribution in [-0.4, -0.2) is 54.9 Å². The molecular weight excluding hydrogens is 400 g/mol. The first-order chi connectivity index (χ1) is 15.7. The van der Waals surface area contributed by atoms with Crippen molar-refractivity contribution in [1.29, 1.82) is 0 Å². The first-order valence-corrected chi connectivity index (χ1v) is 11.2. The lowest BCUT2D eigenvalue weighted by Crippen LogP contribution is -2.48. The highest BCUT2D eigenvalue weighted by molar-refractivity contribution is 5.84. The van der Waals surface area contributed by atoms with Gasteiger partial charge in [-0.25, -0.2) is 4.79 Å². The van der Waals surface area contributed by atoms with Crippen molar-refractivity contribution in [3.05, 3.63) is 83.7 Å². The topological polar surface area (TPSA) is 57.2 Å². The van der Waals surface area contributed by atoms with Crippen LogP contribution in [0.25, 0.3) is 0 Å². The molecule has 0 radical (unpaired) electrons. The van der Waals surface area contributed by atoms with Gasteiger partial charge in [0.25, 0.3) is 0 Å². The third-order valence-electron chi connectivity index (χ3n) is 5.71. The number of allylic oxidation sites excluding steroid dienone is 2. The average Bonchev–Trinajstić information content (AvgIpc) is 3.26. The number of piperazine rings is 1. The van der Waals surface area contributed by atoms with E-state index < -0.39 is 0 Å². The molecule has 0 unspecified atom stereocenters. The molecule has 0 bridgehead atoms. The van der Waals surface area contributed by atoms with E-state index in [0.717, 1.165) is 37.3 Å². The maximum Gasteiger partial charge on any atom is 0.409 e. The standard InChI is InChI=1S/C26H30N4O2/c1-2-32-26(31)30-17-15-29(16-18-30)25-21(19-27-23-9-5-3-6-10-23)13-14-22(25)20-28-24-11-7-4-8-12-24/h3-12,19-20,27H,2,13-18H2,1H3/b21-19-,28-20?. The highest BCUT2D eigenvalue weighted by Crippen LogP contribution is 2.34. The Labute approximate surface area is 189 Å². The number of aliphatic imine (C=N–C) groups is 1. The van der Waals surface area contributed by atoms with Gasteiger partial charge in [0.1, 0.15) is 0 Å². The Bertz CT molecular complexity index is 991. The van der Waals surface area contributed by atoms with E-state index in [4.69, 9.17) is 9.73 Å². The fourth-order valence-electron chi connectivity index (χ4n) is 4.08. The molecule has 6 nitrogen and oxygen atoms in total. The van der Waals surface area contributed by atoms with Gasteiger partial charge < -0.3 is 19.9 Å². The molecule has 1 N–H and O–H groups in total. The van der Waals surface area contributed by atoms with Crippen LogP contribution in [0.15, 0.2) is 88.7 Å². The Morgan fingerprint density at radius 1 is 1.00 bits per heavy atom. The third kappa shape index (κ3) is 5.38. The molecule has 0 aromatic heterocycles. The molecule has 2 aromatic rings. The number of carbonyl (C=O) groups excluding carboxylic acids is 1. The molecular formula is C26H30N4O2. The molecule has 4 rings (SSSR count). The summed E-state index contributed by atoms with van der Waals surface area (Å²) < 4.78 is 5.17. The van der Waals surface area contributed by atoms with Gasteiger partial charge in [0.2, 0.25) is 0 Å². The number of benzene rings is 2.